The highest BCUT2D eigenvalue weighted by Gasteiger charge is 2.36. The van der Waals surface area contributed by atoms with E-state index in [1.54, 1.807) is 60.7 Å². The smallest absolute Gasteiger partial charge is 0.169 e. The quantitative estimate of drug-likeness (QED) is 0.813. The predicted octanol–water partition coefficient (Wildman–Crippen LogP) is 3.82. The summed E-state index contributed by atoms with van der Waals surface area (Å²) in [4.78, 5) is 0. The van der Waals surface area contributed by atoms with Gasteiger partial charge in [-0.25, -0.2) is 17.2 Å². The lowest BCUT2D eigenvalue weighted by Gasteiger charge is -2.21. The predicted molar refractivity (Wildman–Crippen MR) is 79.2 cm³/mol. The van der Waals surface area contributed by atoms with E-state index in [9.17, 15) is 17.2 Å². The zero-order valence-corrected chi connectivity index (χ0v) is 12.1. The fourth-order valence-electron chi connectivity index (χ4n) is 2.27. The Hall–Kier alpha value is -1.75. The van der Waals surface area contributed by atoms with E-state index in [-0.39, 0.29) is 0 Å². The summed E-state index contributed by atoms with van der Waals surface area (Å²) in [5.41, 5.74) is 0.684. The molecule has 2 unspecified atom stereocenters. The number of benzene rings is 2. The van der Waals surface area contributed by atoms with Crippen molar-refractivity contribution < 1.29 is 17.2 Å². The number of sulfone groups is 1. The Morgan fingerprint density at radius 3 is 1.33 bits per heavy atom. The minimum absolute atomic E-state index is 0.342. The molecule has 0 heterocycles. The molecule has 0 bridgehead atoms. The Morgan fingerprint density at radius 1 is 0.714 bits per heavy atom. The highest BCUT2D eigenvalue weighted by atomic mass is 32.2. The summed E-state index contributed by atoms with van der Waals surface area (Å²) in [5, 5.41) is -2.70. The Kier molecular flexibility index (Phi) is 5.07. The molecule has 0 aliphatic heterocycles. The summed E-state index contributed by atoms with van der Waals surface area (Å²) in [6.07, 6.45) is 0. The lowest BCUT2D eigenvalue weighted by Crippen LogP contribution is -2.24. The molecule has 112 valence electrons. The molecule has 2 aromatic carbocycles. The van der Waals surface area contributed by atoms with Crippen molar-refractivity contribution in [2.75, 3.05) is 13.3 Å². The maximum Gasteiger partial charge on any atom is 0.169 e. The molecule has 0 aromatic heterocycles. The van der Waals surface area contributed by atoms with Crippen LogP contribution in [0.1, 0.15) is 21.6 Å². The van der Waals surface area contributed by atoms with Crippen molar-refractivity contribution in [3.8, 4) is 0 Å². The number of rotatable bonds is 6. The molecule has 21 heavy (non-hydrogen) atoms. The molecule has 0 aliphatic rings. The van der Waals surface area contributed by atoms with Gasteiger partial charge in [-0.3, -0.25) is 0 Å². The van der Waals surface area contributed by atoms with Crippen molar-refractivity contribution in [3.05, 3.63) is 71.8 Å². The molecule has 2 rings (SSSR count). The molecule has 0 N–H and O–H groups in total. The van der Waals surface area contributed by atoms with E-state index >= 15 is 0 Å². The molecule has 0 spiro atoms. The van der Waals surface area contributed by atoms with Crippen molar-refractivity contribution in [1.82, 2.24) is 0 Å². The van der Waals surface area contributed by atoms with E-state index in [0.29, 0.717) is 11.1 Å². The monoisotopic (exact) mass is 310 g/mol. The molecule has 0 aliphatic carbocycles. The van der Waals surface area contributed by atoms with E-state index < -0.39 is 33.7 Å². The first kappa shape index (κ1) is 15.6. The third-order valence-electron chi connectivity index (χ3n) is 3.42. The molecule has 0 saturated carbocycles. The van der Waals surface area contributed by atoms with Crippen molar-refractivity contribution in [2.45, 2.75) is 10.5 Å². The average Bonchev–Trinajstić information content (AvgIpc) is 2.50. The lowest BCUT2D eigenvalue weighted by molar-refractivity contribution is 0.445. The van der Waals surface area contributed by atoms with Gasteiger partial charge in [-0.2, -0.15) is 0 Å². The molecule has 2 atom stereocenters. The zero-order chi connectivity index (χ0) is 15.3. The van der Waals surface area contributed by atoms with Crippen LogP contribution in [0.25, 0.3) is 0 Å². The highest BCUT2D eigenvalue weighted by molar-refractivity contribution is 7.92. The second-order valence-corrected chi connectivity index (χ2v) is 7.01. The van der Waals surface area contributed by atoms with E-state index in [1.807, 2.05) is 0 Å². The molecule has 0 radical (unpaired) electrons. The van der Waals surface area contributed by atoms with Crippen LogP contribution in [0.15, 0.2) is 60.7 Å². The molecule has 5 heteroatoms. The minimum Gasteiger partial charge on any atom is -0.249 e. The summed E-state index contributed by atoms with van der Waals surface area (Å²) >= 11 is 0. The Bertz CT molecular complexity index is 604. The first-order valence-corrected chi connectivity index (χ1v) is 8.16. The number of hydrogen-bond acceptors (Lipinski definition) is 2. The van der Waals surface area contributed by atoms with Crippen molar-refractivity contribution in [2.24, 2.45) is 0 Å². The lowest BCUT2D eigenvalue weighted by atomic mass is 10.1. The molecular formula is C16H16F2O2S. The van der Waals surface area contributed by atoms with Gasteiger partial charge in [0.05, 0.1) is 0 Å². The molecule has 2 nitrogen and oxygen atoms in total. The largest absolute Gasteiger partial charge is 0.249 e. The normalized spacial score (nSPS) is 14.6. The third kappa shape index (κ3) is 3.29. The topological polar surface area (TPSA) is 34.1 Å². The van der Waals surface area contributed by atoms with E-state index in [4.69, 9.17) is 0 Å². The number of alkyl halides is 2. The molecule has 2 aromatic rings. The van der Waals surface area contributed by atoms with Gasteiger partial charge in [-0.15, -0.1) is 0 Å². The van der Waals surface area contributed by atoms with Gasteiger partial charge in [0.1, 0.15) is 23.8 Å². The molecule has 0 amide bonds. The van der Waals surface area contributed by atoms with Gasteiger partial charge in [0.2, 0.25) is 0 Å². The van der Waals surface area contributed by atoms with Gasteiger partial charge in [0.15, 0.2) is 9.84 Å². The summed E-state index contributed by atoms with van der Waals surface area (Å²) < 4.78 is 51.9. The molecule has 0 saturated heterocycles. The summed E-state index contributed by atoms with van der Waals surface area (Å²) in [5.74, 6) is 0. The van der Waals surface area contributed by atoms with Gasteiger partial charge in [-0.05, 0) is 11.1 Å². The molecule has 0 fully saturated rings. The SMILES string of the molecule is O=S(=O)(C(CF)c1ccccc1)C(CF)c1ccccc1. The molecular weight excluding hydrogens is 294 g/mol. The van der Waals surface area contributed by atoms with Crippen molar-refractivity contribution in [3.63, 3.8) is 0 Å². The Morgan fingerprint density at radius 2 is 1.05 bits per heavy atom. The zero-order valence-electron chi connectivity index (χ0n) is 11.3. The van der Waals surface area contributed by atoms with Gasteiger partial charge < -0.3 is 0 Å². The maximum absolute atomic E-state index is 13.3. The summed E-state index contributed by atoms with van der Waals surface area (Å²) in [7, 11) is -4.02. The van der Waals surface area contributed by atoms with Crippen LogP contribution in [0.5, 0.6) is 0 Å². The van der Waals surface area contributed by atoms with Crippen LogP contribution in [-0.4, -0.2) is 21.8 Å². The summed E-state index contributed by atoms with van der Waals surface area (Å²) in [6.45, 7) is -2.15. The van der Waals surface area contributed by atoms with Gasteiger partial charge in [0, 0.05) is 0 Å². The van der Waals surface area contributed by atoms with Crippen molar-refractivity contribution >= 4 is 9.84 Å². The fraction of sp³-hybridized carbons (Fsp3) is 0.250. The van der Waals surface area contributed by atoms with Crippen molar-refractivity contribution in [1.29, 1.82) is 0 Å². The van der Waals surface area contributed by atoms with E-state index in [2.05, 4.69) is 0 Å². The Balaban J connectivity index is 2.43. The van der Waals surface area contributed by atoms with E-state index in [0.717, 1.165) is 0 Å². The van der Waals surface area contributed by atoms with E-state index in [1.165, 1.54) is 0 Å². The average molecular weight is 310 g/mol. The second-order valence-electron chi connectivity index (χ2n) is 4.70. The van der Waals surface area contributed by atoms with Gasteiger partial charge in [-0.1, -0.05) is 60.7 Å². The van der Waals surface area contributed by atoms with Crippen LogP contribution >= 0.6 is 0 Å². The second kappa shape index (κ2) is 6.80. The number of halogens is 2. The fourth-order valence-corrected chi connectivity index (χ4v) is 4.09. The van der Waals surface area contributed by atoms with Crippen LogP contribution in [-0.2, 0) is 9.84 Å². The van der Waals surface area contributed by atoms with Crippen LogP contribution in [0, 0.1) is 0 Å². The standard InChI is InChI=1S/C16H16F2O2S/c17-11-15(13-7-3-1-4-8-13)21(19,20)16(12-18)14-9-5-2-6-10-14/h1-10,15-16H,11-12H2. The van der Waals surface area contributed by atoms with Crippen LogP contribution in [0.4, 0.5) is 8.78 Å². The third-order valence-corrected chi connectivity index (χ3v) is 5.80. The minimum atomic E-state index is -4.02. The Labute approximate surface area is 123 Å². The van der Waals surface area contributed by atoms with Gasteiger partial charge >= 0.3 is 0 Å². The first-order valence-electron chi connectivity index (χ1n) is 6.55. The van der Waals surface area contributed by atoms with Crippen LogP contribution < -0.4 is 0 Å². The highest BCUT2D eigenvalue weighted by Crippen LogP contribution is 2.34. The first-order chi connectivity index (χ1) is 10.1. The number of hydrogen-bond donors (Lipinski definition) is 0. The summed E-state index contributed by atoms with van der Waals surface area (Å²) in [6, 6.07) is 16.2. The maximum atomic E-state index is 13.3. The van der Waals surface area contributed by atoms with Crippen LogP contribution in [0.3, 0.4) is 0 Å². The van der Waals surface area contributed by atoms with Gasteiger partial charge in [0.25, 0.3) is 0 Å². The van der Waals surface area contributed by atoms with Crippen LogP contribution in [0.2, 0.25) is 0 Å².